The molecule has 3 rings (SSSR count). The molecule has 0 fully saturated rings. The molecular weight excluding hydrogens is 312 g/mol. The molecule has 25 heavy (non-hydrogen) atoms. The summed E-state index contributed by atoms with van der Waals surface area (Å²) in [5, 5.41) is 0. The standard InChI is InChI=1S/C22H22O3/c1-3-6-18(15-22(23)24-2)16-9-12-19(13-10-16)25-21-14-11-17-7-4-5-8-20(17)21/h4-5,7-10,12-13,18,21H,11,14-15H2,1-2H3/t18-,21?/m0/s1. The third-order valence-corrected chi connectivity index (χ3v) is 4.56. The monoisotopic (exact) mass is 334 g/mol. The number of ether oxygens (including phenoxy) is 2. The predicted octanol–water partition coefficient (Wildman–Crippen LogP) is 4.42. The molecule has 2 aromatic carbocycles. The minimum Gasteiger partial charge on any atom is -0.486 e. The number of rotatable bonds is 5. The lowest BCUT2D eigenvalue weighted by atomic mass is 9.96. The third kappa shape index (κ3) is 4.03. The van der Waals surface area contributed by atoms with Crippen LogP contribution in [-0.4, -0.2) is 13.1 Å². The topological polar surface area (TPSA) is 35.5 Å². The van der Waals surface area contributed by atoms with Crippen molar-refractivity contribution in [2.24, 2.45) is 0 Å². The van der Waals surface area contributed by atoms with Gasteiger partial charge in [-0.25, -0.2) is 0 Å². The maximum absolute atomic E-state index is 11.6. The fourth-order valence-corrected chi connectivity index (χ4v) is 3.26. The maximum Gasteiger partial charge on any atom is 0.307 e. The van der Waals surface area contributed by atoms with Crippen molar-refractivity contribution in [3.05, 3.63) is 65.2 Å². The minimum atomic E-state index is -0.254. The second-order valence-corrected chi connectivity index (χ2v) is 6.14. The molecular formula is C22H22O3. The quantitative estimate of drug-likeness (QED) is 0.600. The highest BCUT2D eigenvalue weighted by Crippen LogP contribution is 2.35. The van der Waals surface area contributed by atoms with Crippen molar-refractivity contribution >= 4 is 5.97 Å². The molecule has 0 saturated heterocycles. The molecule has 0 radical (unpaired) electrons. The largest absolute Gasteiger partial charge is 0.486 e. The number of fused-ring (bicyclic) bond motifs is 1. The lowest BCUT2D eigenvalue weighted by Crippen LogP contribution is -2.08. The first-order chi connectivity index (χ1) is 12.2. The van der Waals surface area contributed by atoms with Crippen LogP contribution in [-0.2, 0) is 16.0 Å². The van der Waals surface area contributed by atoms with E-state index in [1.807, 2.05) is 24.3 Å². The van der Waals surface area contributed by atoms with Gasteiger partial charge in [-0.2, -0.15) is 0 Å². The lowest BCUT2D eigenvalue weighted by molar-refractivity contribution is -0.140. The molecule has 0 spiro atoms. The van der Waals surface area contributed by atoms with Crippen LogP contribution in [0.15, 0.2) is 48.5 Å². The van der Waals surface area contributed by atoms with Gasteiger partial charge in [-0.15, -0.1) is 5.92 Å². The van der Waals surface area contributed by atoms with E-state index in [1.54, 1.807) is 6.92 Å². The number of esters is 1. The fraction of sp³-hybridized carbons (Fsp3) is 0.318. The van der Waals surface area contributed by atoms with Crippen LogP contribution in [0.2, 0.25) is 0 Å². The van der Waals surface area contributed by atoms with Gasteiger partial charge in [0.25, 0.3) is 0 Å². The number of aryl methyl sites for hydroxylation is 1. The Balaban J connectivity index is 1.71. The number of carbonyl (C=O) groups excluding carboxylic acids is 1. The van der Waals surface area contributed by atoms with Gasteiger partial charge < -0.3 is 9.47 Å². The molecule has 1 aliphatic carbocycles. The second kappa shape index (κ2) is 7.90. The summed E-state index contributed by atoms with van der Waals surface area (Å²) in [7, 11) is 1.40. The van der Waals surface area contributed by atoms with E-state index in [0.29, 0.717) is 0 Å². The van der Waals surface area contributed by atoms with Gasteiger partial charge in [0, 0.05) is 0 Å². The number of carbonyl (C=O) groups is 1. The van der Waals surface area contributed by atoms with Crippen LogP contribution < -0.4 is 4.74 Å². The predicted molar refractivity (Wildman–Crippen MR) is 97.4 cm³/mol. The third-order valence-electron chi connectivity index (χ3n) is 4.56. The number of methoxy groups -OCH3 is 1. The van der Waals surface area contributed by atoms with Gasteiger partial charge in [0.1, 0.15) is 11.9 Å². The highest BCUT2D eigenvalue weighted by Gasteiger charge is 2.23. The van der Waals surface area contributed by atoms with Crippen LogP contribution in [0.4, 0.5) is 0 Å². The summed E-state index contributed by atoms with van der Waals surface area (Å²) in [6.45, 7) is 1.78. The van der Waals surface area contributed by atoms with Gasteiger partial charge in [0.05, 0.1) is 19.4 Å². The molecule has 1 unspecified atom stereocenters. The van der Waals surface area contributed by atoms with E-state index in [9.17, 15) is 4.79 Å². The highest BCUT2D eigenvalue weighted by molar-refractivity contribution is 5.71. The van der Waals surface area contributed by atoms with Gasteiger partial charge >= 0.3 is 5.97 Å². The molecule has 0 aliphatic heterocycles. The zero-order valence-electron chi connectivity index (χ0n) is 14.6. The molecule has 128 valence electrons. The Hall–Kier alpha value is -2.73. The fourth-order valence-electron chi connectivity index (χ4n) is 3.26. The first-order valence-corrected chi connectivity index (χ1v) is 8.54. The maximum atomic E-state index is 11.6. The molecule has 0 amide bonds. The first kappa shape index (κ1) is 17.1. The Morgan fingerprint density at radius 1 is 1.20 bits per heavy atom. The molecule has 1 aliphatic rings. The molecule has 0 N–H and O–H groups in total. The van der Waals surface area contributed by atoms with Crippen LogP contribution >= 0.6 is 0 Å². The van der Waals surface area contributed by atoms with Crippen LogP contribution in [0.1, 0.15) is 48.5 Å². The average Bonchev–Trinajstić information content (AvgIpc) is 3.05. The number of hydrogen-bond acceptors (Lipinski definition) is 3. The van der Waals surface area contributed by atoms with Crippen molar-refractivity contribution in [2.45, 2.75) is 38.2 Å². The Labute approximate surface area is 149 Å². The molecule has 3 heteroatoms. The normalized spacial score (nSPS) is 16.3. The van der Waals surface area contributed by atoms with E-state index in [1.165, 1.54) is 18.2 Å². The lowest BCUT2D eigenvalue weighted by Gasteiger charge is -2.16. The van der Waals surface area contributed by atoms with E-state index in [4.69, 9.17) is 9.47 Å². The van der Waals surface area contributed by atoms with Crippen LogP contribution in [0.3, 0.4) is 0 Å². The summed E-state index contributed by atoms with van der Waals surface area (Å²) in [6, 6.07) is 16.3. The second-order valence-electron chi connectivity index (χ2n) is 6.14. The van der Waals surface area contributed by atoms with Crippen LogP contribution in [0.25, 0.3) is 0 Å². The zero-order chi connectivity index (χ0) is 17.6. The molecule has 2 aromatic rings. The minimum absolute atomic E-state index is 0.114. The summed E-state index contributed by atoms with van der Waals surface area (Å²) in [5.41, 5.74) is 3.66. The Morgan fingerprint density at radius 2 is 1.96 bits per heavy atom. The summed E-state index contributed by atoms with van der Waals surface area (Å²) >= 11 is 0. The van der Waals surface area contributed by atoms with Crippen LogP contribution in [0, 0.1) is 11.8 Å². The molecule has 3 nitrogen and oxygen atoms in total. The molecule has 0 heterocycles. The van der Waals surface area contributed by atoms with E-state index in [2.05, 4.69) is 36.1 Å². The summed E-state index contributed by atoms with van der Waals surface area (Å²) < 4.78 is 10.9. The average molecular weight is 334 g/mol. The summed E-state index contributed by atoms with van der Waals surface area (Å²) in [4.78, 5) is 11.6. The van der Waals surface area contributed by atoms with Crippen molar-refractivity contribution in [3.8, 4) is 17.6 Å². The summed E-state index contributed by atoms with van der Waals surface area (Å²) in [6.07, 6.45) is 2.44. The van der Waals surface area contributed by atoms with E-state index < -0.39 is 0 Å². The molecule has 2 atom stereocenters. The Kier molecular flexibility index (Phi) is 5.40. The van der Waals surface area contributed by atoms with Crippen LogP contribution in [0.5, 0.6) is 5.75 Å². The first-order valence-electron chi connectivity index (χ1n) is 8.54. The van der Waals surface area contributed by atoms with Crippen molar-refractivity contribution in [1.82, 2.24) is 0 Å². The van der Waals surface area contributed by atoms with Gasteiger partial charge in [-0.1, -0.05) is 42.3 Å². The number of hydrogen-bond donors (Lipinski definition) is 0. The van der Waals surface area contributed by atoms with Crippen molar-refractivity contribution in [2.75, 3.05) is 7.11 Å². The van der Waals surface area contributed by atoms with Gasteiger partial charge in [-0.3, -0.25) is 4.79 Å². The van der Waals surface area contributed by atoms with Gasteiger partial charge in [-0.05, 0) is 48.6 Å². The number of benzene rings is 2. The Bertz CT molecular complexity index is 796. The van der Waals surface area contributed by atoms with Crippen molar-refractivity contribution in [3.63, 3.8) is 0 Å². The molecule has 0 bridgehead atoms. The van der Waals surface area contributed by atoms with Crippen molar-refractivity contribution in [1.29, 1.82) is 0 Å². The van der Waals surface area contributed by atoms with E-state index >= 15 is 0 Å². The zero-order valence-corrected chi connectivity index (χ0v) is 14.6. The smallest absolute Gasteiger partial charge is 0.307 e. The highest BCUT2D eigenvalue weighted by atomic mass is 16.5. The van der Waals surface area contributed by atoms with E-state index in [0.717, 1.165) is 24.2 Å². The molecule has 0 aromatic heterocycles. The van der Waals surface area contributed by atoms with E-state index in [-0.39, 0.29) is 24.4 Å². The van der Waals surface area contributed by atoms with Crippen molar-refractivity contribution < 1.29 is 14.3 Å². The SMILES string of the molecule is CC#C[C@@H](CC(=O)OC)c1ccc(OC2CCc3ccccc32)cc1. The van der Waals surface area contributed by atoms with Gasteiger partial charge in [0.2, 0.25) is 0 Å². The summed E-state index contributed by atoms with van der Waals surface area (Å²) in [5.74, 6) is 6.40. The Morgan fingerprint density at radius 3 is 2.68 bits per heavy atom. The molecule has 0 saturated carbocycles. The van der Waals surface area contributed by atoms with Gasteiger partial charge in [0.15, 0.2) is 0 Å².